The zero-order valence-electron chi connectivity index (χ0n) is 11.7. The number of nitrogens with zero attached hydrogens (tertiary/aromatic N) is 1. The van der Waals surface area contributed by atoms with Gasteiger partial charge in [-0.05, 0) is 25.0 Å². The number of para-hydroxylation sites is 1. The summed E-state index contributed by atoms with van der Waals surface area (Å²) in [6.07, 6.45) is 5.70. The highest BCUT2D eigenvalue weighted by Crippen LogP contribution is 2.17. The van der Waals surface area contributed by atoms with Crippen LogP contribution in [0, 0.1) is 0 Å². The summed E-state index contributed by atoms with van der Waals surface area (Å²) in [6.45, 7) is 0. The van der Waals surface area contributed by atoms with E-state index in [1.807, 2.05) is 6.07 Å². The Bertz CT molecular complexity index is 496. The maximum atomic E-state index is 11.5. The molecule has 1 aliphatic rings. The first-order valence-electron chi connectivity index (χ1n) is 7.11. The van der Waals surface area contributed by atoms with E-state index in [-0.39, 0.29) is 6.04 Å². The zero-order chi connectivity index (χ0) is 14.9. The van der Waals surface area contributed by atoms with E-state index in [2.05, 4.69) is 20.6 Å². The summed E-state index contributed by atoms with van der Waals surface area (Å²) in [7, 11) is 0. The first-order valence-corrected chi connectivity index (χ1v) is 7.11. The summed E-state index contributed by atoms with van der Waals surface area (Å²) in [5.41, 5.74) is 0.653. The number of carbonyl (C=O) groups excluding carboxylic acids is 2. The SMILES string of the molecule is O=C(C=NOC(=O)NC1CCCCC1)Nc1ccccc1. The average molecular weight is 289 g/mol. The second-order valence-corrected chi connectivity index (χ2v) is 4.95. The highest BCUT2D eigenvalue weighted by atomic mass is 16.7. The van der Waals surface area contributed by atoms with Gasteiger partial charge in [-0.3, -0.25) is 9.63 Å². The van der Waals surface area contributed by atoms with Crippen LogP contribution in [-0.4, -0.2) is 24.3 Å². The van der Waals surface area contributed by atoms with Crippen molar-refractivity contribution in [2.45, 2.75) is 38.1 Å². The molecule has 0 bridgehead atoms. The predicted octanol–water partition coefficient (Wildman–Crippen LogP) is 2.67. The molecule has 2 rings (SSSR count). The molecule has 6 nitrogen and oxygen atoms in total. The Balaban J connectivity index is 1.69. The van der Waals surface area contributed by atoms with Crippen LogP contribution >= 0.6 is 0 Å². The van der Waals surface area contributed by atoms with Gasteiger partial charge in [0.25, 0.3) is 5.91 Å². The number of hydrogen-bond donors (Lipinski definition) is 2. The highest BCUT2D eigenvalue weighted by molar-refractivity contribution is 6.31. The van der Waals surface area contributed by atoms with Gasteiger partial charge in [-0.25, -0.2) is 4.79 Å². The van der Waals surface area contributed by atoms with Gasteiger partial charge in [-0.2, -0.15) is 0 Å². The topological polar surface area (TPSA) is 79.8 Å². The van der Waals surface area contributed by atoms with Crippen molar-refractivity contribution < 1.29 is 14.4 Å². The molecule has 1 aliphatic carbocycles. The molecular weight excluding hydrogens is 270 g/mol. The summed E-state index contributed by atoms with van der Waals surface area (Å²) in [5, 5.41) is 8.72. The normalized spacial score (nSPS) is 15.6. The van der Waals surface area contributed by atoms with Crippen molar-refractivity contribution in [2.24, 2.45) is 5.16 Å². The molecule has 21 heavy (non-hydrogen) atoms. The van der Waals surface area contributed by atoms with Crippen molar-refractivity contribution in [2.75, 3.05) is 5.32 Å². The molecule has 0 saturated heterocycles. The van der Waals surface area contributed by atoms with Gasteiger partial charge in [0.15, 0.2) is 0 Å². The lowest BCUT2D eigenvalue weighted by Gasteiger charge is -2.21. The second-order valence-electron chi connectivity index (χ2n) is 4.95. The van der Waals surface area contributed by atoms with Crippen LogP contribution in [0.5, 0.6) is 0 Å². The molecule has 0 radical (unpaired) electrons. The molecular formula is C15H19N3O3. The summed E-state index contributed by atoms with van der Waals surface area (Å²) in [6, 6.07) is 9.12. The standard InChI is InChI=1S/C15H19N3O3/c19-14(17-12-7-3-1-4-8-12)11-16-21-15(20)18-13-9-5-2-6-10-13/h1,3-4,7-8,11,13H,2,5-6,9-10H2,(H,17,19)(H,18,20). The first-order chi connectivity index (χ1) is 10.2. The molecule has 0 aromatic heterocycles. The largest absolute Gasteiger partial charge is 0.433 e. The minimum Gasteiger partial charge on any atom is -0.321 e. The van der Waals surface area contributed by atoms with Crippen molar-refractivity contribution in [3.05, 3.63) is 30.3 Å². The number of anilines is 1. The molecule has 0 heterocycles. The fourth-order valence-corrected chi connectivity index (χ4v) is 2.26. The lowest BCUT2D eigenvalue weighted by molar-refractivity contribution is -0.110. The van der Waals surface area contributed by atoms with Crippen molar-refractivity contribution >= 4 is 23.9 Å². The smallest absolute Gasteiger partial charge is 0.321 e. The highest BCUT2D eigenvalue weighted by Gasteiger charge is 2.16. The van der Waals surface area contributed by atoms with Gasteiger partial charge in [0, 0.05) is 11.7 Å². The maximum Gasteiger partial charge on any atom is 0.433 e. The van der Waals surface area contributed by atoms with Gasteiger partial charge in [-0.15, -0.1) is 0 Å². The molecule has 6 heteroatoms. The van der Waals surface area contributed by atoms with E-state index >= 15 is 0 Å². The van der Waals surface area contributed by atoms with E-state index in [0.717, 1.165) is 31.9 Å². The van der Waals surface area contributed by atoms with Crippen molar-refractivity contribution in [1.82, 2.24) is 5.32 Å². The molecule has 1 fully saturated rings. The Hall–Kier alpha value is -2.37. The summed E-state index contributed by atoms with van der Waals surface area (Å²) in [5.74, 6) is -0.452. The monoisotopic (exact) mass is 289 g/mol. The minimum absolute atomic E-state index is 0.152. The number of nitrogens with one attached hydrogen (secondary N) is 2. The van der Waals surface area contributed by atoms with Crippen LogP contribution in [0.3, 0.4) is 0 Å². The third-order valence-electron chi connectivity index (χ3n) is 3.27. The second kappa shape index (κ2) is 8.04. The van der Waals surface area contributed by atoms with E-state index in [0.29, 0.717) is 5.69 Å². The molecule has 1 aromatic carbocycles. The molecule has 112 valence electrons. The van der Waals surface area contributed by atoms with Gasteiger partial charge in [-0.1, -0.05) is 42.6 Å². The number of oxime groups is 1. The van der Waals surface area contributed by atoms with E-state index < -0.39 is 12.0 Å². The van der Waals surface area contributed by atoms with Gasteiger partial charge in [0.1, 0.15) is 6.21 Å². The Labute approximate surface area is 123 Å². The molecule has 1 aromatic rings. The summed E-state index contributed by atoms with van der Waals surface area (Å²) in [4.78, 5) is 27.6. The van der Waals surface area contributed by atoms with Crippen LogP contribution in [0.25, 0.3) is 0 Å². The molecule has 0 unspecified atom stereocenters. The Morgan fingerprint density at radius 1 is 1.14 bits per heavy atom. The maximum absolute atomic E-state index is 11.5. The molecule has 0 spiro atoms. The third kappa shape index (κ3) is 5.64. The summed E-state index contributed by atoms with van der Waals surface area (Å²) < 4.78 is 0. The van der Waals surface area contributed by atoms with Crippen LogP contribution in [0.4, 0.5) is 10.5 Å². The van der Waals surface area contributed by atoms with Crippen molar-refractivity contribution in [3.8, 4) is 0 Å². The van der Waals surface area contributed by atoms with Crippen LogP contribution in [0.2, 0.25) is 0 Å². The molecule has 0 atom stereocenters. The molecule has 2 amide bonds. The average Bonchev–Trinajstić information content (AvgIpc) is 2.49. The molecule has 0 aliphatic heterocycles. The number of hydrogen-bond acceptors (Lipinski definition) is 4. The van der Waals surface area contributed by atoms with Crippen LogP contribution in [-0.2, 0) is 9.63 Å². The zero-order valence-corrected chi connectivity index (χ0v) is 11.7. The fourth-order valence-electron chi connectivity index (χ4n) is 2.26. The lowest BCUT2D eigenvalue weighted by Crippen LogP contribution is -2.35. The number of amides is 2. The van der Waals surface area contributed by atoms with E-state index in [1.165, 1.54) is 6.42 Å². The Morgan fingerprint density at radius 3 is 2.57 bits per heavy atom. The third-order valence-corrected chi connectivity index (χ3v) is 3.27. The van der Waals surface area contributed by atoms with Gasteiger partial charge in [0.05, 0.1) is 0 Å². The van der Waals surface area contributed by atoms with Gasteiger partial charge in [0.2, 0.25) is 0 Å². The first kappa shape index (κ1) is 15.0. The number of rotatable bonds is 4. The minimum atomic E-state index is -0.620. The molecule has 2 N–H and O–H groups in total. The quantitative estimate of drug-likeness (QED) is 0.508. The van der Waals surface area contributed by atoms with E-state index in [4.69, 9.17) is 0 Å². The lowest BCUT2D eigenvalue weighted by atomic mass is 9.96. The van der Waals surface area contributed by atoms with Crippen molar-refractivity contribution in [1.29, 1.82) is 0 Å². The predicted molar refractivity (Wildman–Crippen MR) is 80.1 cm³/mol. The van der Waals surface area contributed by atoms with Crippen LogP contribution in [0.15, 0.2) is 35.5 Å². The fraction of sp³-hybridized carbons (Fsp3) is 0.400. The van der Waals surface area contributed by atoms with Crippen molar-refractivity contribution in [3.63, 3.8) is 0 Å². The summed E-state index contributed by atoms with van der Waals surface area (Å²) >= 11 is 0. The van der Waals surface area contributed by atoms with E-state index in [1.54, 1.807) is 24.3 Å². The Morgan fingerprint density at radius 2 is 1.86 bits per heavy atom. The van der Waals surface area contributed by atoms with E-state index in [9.17, 15) is 9.59 Å². The number of carbonyl (C=O) groups is 2. The van der Waals surface area contributed by atoms with Gasteiger partial charge < -0.3 is 10.6 Å². The van der Waals surface area contributed by atoms with Gasteiger partial charge >= 0.3 is 6.09 Å². The number of benzene rings is 1. The molecule has 1 saturated carbocycles. The Kier molecular flexibility index (Phi) is 5.75. The van der Waals surface area contributed by atoms with Crippen LogP contribution < -0.4 is 10.6 Å². The van der Waals surface area contributed by atoms with Crippen LogP contribution in [0.1, 0.15) is 32.1 Å².